The fraction of sp³-hybridized carbons (Fsp3) is 0.357. The van der Waals surface area contributed by atoms with E-state index >= 15 is 0 Å². The number of hydrogen-bond acceptors (Lipinski definition) is 6. The Morgan fingerprint density at radius 2 is 2.24 bits per heavy atom. The van der Waals surface area contributed by atoms with Gasteiger partial charge in [-0.2, -0.15) is 0 Å². The summed E-state index contributed by atoms with van der Waals surface area (Å²) in [6, 6.07) is 5.30. The Morgan fingerprint density at radius 1 is 1.38 bits per heavy atom. The van der Waals surface area contributed by atoms with Crippen LogP contribution in [0.5, 0.6) is 0 Å². The molecule has 2 aromatic rings. The molecule has 0 saturated heterocycles. The van der Waals surface area contributed by atoms with E-state index in [9.17, 15) is 4.79 Å². The van der Waals surface area contributed by atoms with E-state index in [0.29, 0.717) is 24.6 Å². The van der Waals surface area contributed by atoms with Crippen molar-refractivity contribution in [3.63, 3.8) is 0 Å². The number of anilines is 1. The highest BCUT2D eigenvalue weighted by Gasteiger charge is 2.08. The van der Waals surface area contributed by atoms with E-state index in [1.165, 1.54) is 6.33 Å². The lowest BCUT2D eigenvalue weighted by Crippen LogP contribution is -2.31. The zero-order valence-electron chi connectivity index (χ0n) is 12.2. The van der Waals surface area contributed by atoms with Crippen LogP contribution in [-0.2, 0) is 6.54 Å². The Labute approximate surface area is 123 Å². The minimum Gasteiger partial charge on any atom is -0.467 e. The van der Waals surface area contributed by atoms with Crippen LogP contribution in [-0.4, -0.2) is 48.0 Å². The molecule has 21 heavy (non-hydrogen) atoms. The van der Waals surface area contributed by atoms with Crippen LogP contribution >= 0.6 is 0 Å². The van der Waals surface area contributed by atoms with Gasteiger partial charge in [0.1, 0.15) is 23.6 Å². The third-order valence-corrected chi connectivity index (χ3v) is 2.77. The number of furan rings is 1. The van der Waals surface area contributed by atoms with Gasteiger partial charge in [0, 0.05) is 19.2 Å². The molecule has 0 fully saturated rings. The summed E-state index contributed by atoms with van der Waals surface area (Å²) >= 11 is 0. The van der Waals surface area contributed by atoms with Crippen LogP contribution in [0, 0.1) is 0 Å². The minimum atomic E-state index is -0.208. The van der Waals surface area contributed by atoms with E-state index < -0.39 is 0 Å². The van der Waals surface area contributed by atoms with Crippen LogP contribution < -0.4 is 10.6 Å². The molecule has 112 valence electrons. The summed E-state index contributed by atoms with van der Waals surface area (Å²) < 4.78 is 5.22. The van der Waals surface area contributed by atoms with Gasteiger partial charge in [-0.3, -0.25) is 4.79 Å². The van der Waals surface area contributed by atoms with Crippen LogP contribution in [0.4, 0.5) is 5.82 Å². The fourth-order valence-corrected chi connectivity index (χ4v) is 1.65. The van der Waals surface area contributed by atoms with Crippen molar-refractivity contribution in [1.29, 1.82) is 0 Å². The Kier molecular flexibility index (Phi) is 5.28. The maximum absolute atomic E-state index is 11.9. The number of rotatable bonds is 7. The second-order valence-electron chi connectivity index (χ2n) is 4.78. The van der Waals surface area contributed by atoms with Crippen molar-refractivity contribution in [3.8, 4) is 0 Å². The lowest BCUT2D eigenvalue weighted by molar-refractivity contribution is 0.0946. The average Bonchev–Trinajstić information content (AvgIpc) is 2.98. The minimum absolute atomic E-state index is 0.208. The van der Waals surface area contributed by atoms with Crippen LogP contribution in [0.2, 0.25) is 0 Å². The van der Waals surface area contributed by atoms with E-state index in [1.54, 1.807) is 12.3 Å². The number of aromatic nitrogens is 2. The number of carbonyl (C=O) groups excluding carboxylic acids is 1. The molecule has 0 unspecified atom stereocenters. The molecule has 2 rings (SSSR count). The zero-order chi connectivity index (χ0) is 15.1. The molecule has 0 aliphatic heterocycles. The zero-order valence-corrected chi connectivity index (χ0v) is 12.2. The average molecular weight is 289 g/mol. The highest BCUT2D eigenvalue weighted by atomic mass is 16.3. The van der Waals surface area contributed by atoms with Crippen molar-refractivity contribution in [2.24, 2.45) is 0 Å². The molecule has 2 N–H and O–H groups in total. The van der Waals surface area contributed by atoms with Crippen molar-refractivity contribution >= 4 is 11.7 Å². The molecule has 0 aliphatic carbocycles. The fourth-order valence-electron chi connectivity index (χ4n) is 1.65. The van der Waals surface area contributed by atoms with Gasteiger partial charge in [-0.05, 0) is 26.2 Å². The molecule has 2 heterocycles. The van der Waals surface area contributed by atoms with E-state index in [2.05, 4.69) is 20.6 Å². The number of carbonyl (C=O) groups is 1. The molecule has 0 aromatic carbocycles. The lowest BCUT2D eigenvalue weighted by Gasteiger charge is -2.10. The number of nitrogens with one attached hydrogen (secondary N) is 2. The molecular formula is C14H19N5O2. The number of likely N-dealkylation sites (N-methyl/N-ethyl adjacent to an activating group) is 1. The van der Waals surface area contributed by atoms with Crippen LogP contribution in [0.1, 0.15) is 16.2 Å². The number of nitrogens with zero attached hydrogens (tertiary/aromatic N) is 3. The van der Waals surface area contributed by atoms with Crippen molar-refractivity contribution in [3.05, 3.63) is 42.2 Å². The van der Waals surface area contributed by atoms with E-state index in [4.69, 9.17) is 4.42 Å². The van der Waals surface area contributed by atoms with Gasteiger partial charge >= 0.3 is 0 Å². The first-order valence-electron chi connectivity index (χ1n) is 6.66. The summed E-state index contributed by atoms with van der Waals surface area (Å²) in [5.74, 6) is 1.17. The summed E-state index contributed by atoms with van der Waals surface area (Å²) in [5.41, 5.74) is 0.339. The Balaban J connectivity index is 1.89. The second kappa shape index (κ2) is 7.39. The molecule has 0 saturated carbocycles. The van der Waals surface area contributed by atoms with E-state index in [0.717, 1.165) is 12.3 Å². The summed E-state index contributed by atoms with van der Waals surface area (Å²) in [7, 11) is 3.90. The van der Waals surface area contributed by atoms with Gasteiger partial charge in [-0.25, -0.2) is 9.97 Å². The van der Waals surface area contributed by atoms with E-state index in [-0.39, 0.29) is 5.91 Å². The van der Waals surface area contributed by atoms with Crippen molar-refractivity contribution in [2.45, 2.75) is 6.54 Å². The van der Waals surface area contributed by atoms with Crippen molar-refractivity contribution < 1.29 is 9.21 Å². The lowest BCUT2D eigenvalue weighted by atomic mass is 10.3. The van der Waals surface area contributed by atoms with Gasteiger partial charge in [0.05, 0.1) is 12.8 Å². The van der Waals surface area contributed by atoms with Gasteiger partial charge in [0.15, 0.2) is 0 Å². The molecule has 0 bridgehead atoms. The van der Waals surface area contributed by atoms with Crippen LogP contribution in [0.15, 0.2) is 35.2 Å². The molecular weight excluding hydrogens is 270 g/mol. The van der Waals surface area contributed by atoms with Crippen LogP contribution in [0.25, 0.3) is 0 Å². The predicted molar refractivity (Wildman–Crippen MR) is 79.0 cm³/mol. The smallest absolute Gasteiger partial charge is 0.270 e. The standard InChI is InChI=1S/C14H19N5O2/c1-19(2)6-5-15-14(20)12-8-13(18-10-17-12)16-9-11-4-3-7-21-11/h3-4,7-8,10H,5-6,9H2,1-2H3,(H,15,20)(H,16,17,18). The SMILES string of the molecule is CN(C)CCNC(=O)c1cc(NCc2ccco2)ncn1. The molecule has 0 atom stereocenters. The number of amides is 1. The number of hydrogen-bond donors (Lipinski definition) is 2. The Morgan fingerprint density at radius 3 is 2.95 bits per heavy atom. The Hall–Kier alpha value is -2.41. The summed E-state index contributed by atoms with van der Waals surface area (Å²) in [6.45, 7) is 1.86. The maximum atomic E-state index is 11.9. The highest BCUT2D eigenvalue weighted by Crippen LogP contribution is 2.07. The maximum Gasteiger partial charge on any atom is 0.270 e. The van der Waals surface area contributed by atoms with Gasteiger partial charge in [-0.15, -0.1) is 0 Å². The summed E-state index contributed by atoms with van der Waals surface area (Å²) in [6.07, 6.45) is 2.98. The van der Waals surface area contributed by atoms with Gasteiger partial charge in [0.25, 0.3) is 5.91 Å². The quantitative estimate of drug-likeness (QED) is 0.790. The summed E-state index contributed by atoms with van der Waals surface area (Å²) in [4.78, 5) is 22.0. The normalized spacial score (nSPS) is 10.6. The molecule has 2 aromatic heterocycles. The first kappa shape index (κ1) is 15.0. The van der Waals surface area contributed by atoms with Gasteiger partial charge in [-0.1, -0.05) is 0 Å². The molecule has 7 nitrogen and oxygen atoms in total. The molecule has 0 spiro atoms. The predicted octanol–water partition coefficient (Wildman–Crippen LogP) is 0.973. The highest BCUT2D eigenvalue weighted by molar-refractivity contribution is 5.92. The second-order valence-corrected chi connectivity index (χ2v) is 4.78. The first-order valence-corrected chi connectivity index (χ1v) is 6.66. The topological polar surface area (TPSA) is 83.3 Å². The molecule has 0 aliphatic rings. The molecule has 1 amide bonds. The molecule has 0 radical (unpaired) electrons. The van der Waals surface area contributed by atoms with Crippen LogP contribution in [0.3, 0.4) is 0 Å². The summed E-state index contributed by atoms with van der Waals surface area (Å²) in [5, 5.41) is 5.89. The van der Waals surface area contributed by atoms with Gasteiger partial charge in [0.2, 0.25) is 0 Å². The first-order chi connectivity index (χ1) is 10.1. The van der Waals surface area contributed by atoms with Gasteiger partial charge < -0.3 is 20.0 Å². The Bertz CT molecular complexity index is 569. The largest absolute Gasteiger partial charge is 0.467 e. The van der Waals surface area contributed by atoms with Crippen molar-refractivity contribution in [1.82, 2.24) is 20.2 Å². The molecule has 7 heteroatoms. The van der Waals surface area contributed by atoms with Crippen molar-refractivity contribution in [2.75, 3.05) is 32.5 Å². The third-order valence-electron chi connectivity index (χ3n) is 2.77. The third kappa shape index (κ3) is 4.88. The monoisotopic (exact) mass is 289 g/mol. The van der Waals surface area contributed by atoms with E-state index in [1.807, 2.05) is 31.1 Å².